The van der Waals surface area contributed by atoms with Gasteiger partial charge in [0.25, 0.3) is 0 Å². The van der Waals surface area contributed by atoms with Gasteiger partial charge in [-0.15, -0.1) is 12.6 Å². The van der Waals surface area contributed by atoms with Crippen molar-refractivity contribution < 1.29 is 4.39 Å². The predicted octanol–water partition coefficient (Wildman–Crippen LogP) is 2.35. The van der Waals surface area contributed by atoms with Crippen molar-refractivity contribution in [3.8, 4) is 0 Å². The summed E-state index contributed by atoms with van der Waals surface area (Å²) in [7, 11) is 0. The van der Waals surface area contributed by atoms with E-state index in [1.165, 1.54) is 6.07 Å². The summed E-state index contributed by atoms with van der Waals surface area (Å²) in [5.41, 5.74) is 5.24. The smallest absolute Gasteiger partial charge is 0.165 e. The minimum Gasteiger partial charge on any atom is -0.396 e. The summed E-state index contributed by atoms with van der Waals surface area (Å²) in [6.07, 6.45) is 0. The van der Waals surface area contributed by atoms with Crippen molar-refractivity contribution in [1.82, 2.24) is 0 Å². The Kier molecular flexibility index (Phi) is 2.06. The molecular weight excluding hydrogens is 173 g/mol. The van der Waals surface area contributed by atoms with Gasteiger partial charge < -0.3 is 5.73 Å². The van der Waals surface area contributed by atoms with Gasteiger partial charge >= 0.3 is 0 Å². The van der Waals surface area contributed by atoms with Crippen LogP contribution in [-0.2, 0) is 0 Å². The second kappa shape index (κ2) is 2.68. The first-order chi connectivity index (χ1) is 4.63. The minimum absolute atomic E-state index is 0.0247. The van der Waals surface area contributed by atoms with Gasteiger partial charge in [0, 0.05) is 4.90 Å². The molecule has 2 N–H and O–H groups in total. The van der Waals surface area contributed by atoms with E-state index >= 15 is 0 Å². The van der Waals surface area contributed by atoms with Crippen molar-refractivity contribution in [2.45, 2.75) is 4.90 Å². The summed E-state index contributed by atoms with van der Waals surface area (Å²) >= 11 is 9.34. The van der Waals surface area contributed by atoms with Gasteiger partial charge in [-0.3, -0.25) is 0 Å². The van der Waals surface area contributed by atoms with Gasteiger partial charge in [-0.2, -0.15) is 0 Å². The van der Waals surface area contributed by atoms with E-state index in [1.54, 1.807) is 6.07 Å². The number of nitrogen functional groups attached to an aromatic ring is 1. The number of hydrogen-bond acceptors (Lipinski definition) is 2. The maximum Gasteiger partial charge on any atom is 0.165 e. The Morgan fingerprint density at radius 1 is 1.50 bits per heavy atom. The van der Waals surface area contributed by atoms with E-state index in [0.29, 0.717) is 4.90 Å². The van der Waals surface area contributed by atoms with E-state index in [1.807, 2.05) is 0 Å². The second-order valence-corrected chi connectivity index (χ2v) is 2.66. The highest BCUT2D eigenvalue weighted by atomic mass is 35.5. The molecule has 0 heterocycles. The van der Waals surface area contributed by atoms with Gasteiger partial charge in [0.1, 0.15) is 0 Å². The molecule has 54 valence electrons. The molecule has 0 unspecified atom stereocenters. The van der Waals surface area contributed by atoms with E-state index in [9.17, 15) is 4.39 Å². The molecule has 0 aliphatic heterocycles. The highest BCUT2D eigenvalue weighted by molar-refractivity contribution is 7.80. The molecule has 0 spiro atoms. The highest BCUT2D eigenvalue weighted by Crippen LogP contribution is 2.26. The zero-order chi connectivity index (χ0) is 7.72. The number of anilines is 1. The van der Waals surface area contributed by atoms with Gasteiger partial charge in [0.05, 0.1) is 10.7 Å². The third kappa shape index (κ3) is 1.20. The normalized spacial score (nSPS) is 9.90. The van der Waals surface area contributed by atoms with Gasteiger partial charge in [0.2, 0.25) is 0 Å². The Hall–Kier alpha value is -0.410. The standard InChI is InChI=1S/C6H5ClFNS/c7-5-4(10)2-1-3(9)6(5)8/h1-2,10H,9H2. The van der Waals surface area contributed by atoms with Gasteiger partial charge in [-0.25, -0.2) is 4.39 Å². The molecule has 0 atom stereocenters. The average molecular weight is 178 g/mol. The molecule has 1 aromatic rings. The van der Waals surface area contributed by atoms with Crippen LogP contribution in [0.5, 0.6) is 0 Å². The van der Waals surface area contributed by atoms with Gasteiger partial charge in [-0.05, 0) is 12.1 Å². The van der Waals surface area contributed by atoms with Crippen LogP contribution < -0.4 is 5.73 Å². The Morgan fingerprint density at radius 2 is 2.10 bits per heavy atom. The molecule has 10 heavy (non-hydrogen) atoms. The average Bonchev–Trinajstić information content (AvgIpc) is 1.93. The molecule has 0 fully saturated rings. The molecule has 1 nitrogen and oxygen atoms in total. The van der Waals surface area contributed by atoms with Crippen molar-refractivity contribution in [2.24, 2.45) is 0 Å². The quantitative estimate of drug-likeness (QED) is 0.462. The van der Waals surface area contributed by atoms with Crippen molar-refractivity contribution >= 4 is 29.9 Å². The summed E-state index contributed by atoms with van der Waals surface area (Å²) in [6, 6.07) is 2.97. The lowest BCUT2D eigenvalue weighted by atomic mass is 10.3. The molecule has 0 saturated carbocycles. The van der Waals surface area contributed by atoms with Crippen LogP contribution in [0.2, 0.25) is 5.02 Å². The lowest BCUT2D eigenvalue weighted by Gasteiger charge is -1.99. The van der Waals surface area contributed by atoms with Gasteiger partial charge in [-0.1, -0.05) is 11.6 Å². The Balaban J connectivity index is 3.34. The summed E-state index contributed by atoms with van der Waals surface area (Å²) in [5, 5.41) is -0.0247. The first-order valence-electron chi connectivity index (χ1n) is 2.55. The zero-order valence-electron chi connectivity index (χ0n) is 4.94. The molecular formula is C6H5ClFNS. The summed E-state index contributed by atoms with van der Waals surface area (Å²) in [4.78, 5) is 0.397. The number of thiol groups is 1. The maximum absolute atomic E-state index is 12.7. The van der Waals surface area contributed by atoms with Crippen LogP contribution in [0.1, 0.15) is 0 Å². The lowest BCUT2D eigenvalue weighted by molar-refractivity contribution is 0.629. The monoisotopic (exact) mass is 177 g/mol. The molecule has 4 heteroatoms. The summed E-state index contributed by atoms with van der Waals surface area (Å²) in [6.45, 7) is 0. The van der Waals surface area contributed by atoms with Crippen molar-refractivity contribution in [2.75, 3.05) is 5.73 Å². The van der Waals surface area contributed by atoms with E-state index in [2.05, 4.69) is 12.6 Å². The third-order valence-corrected chi connectivity index (χ3v) is 1.97. The summed E-state index contributed by atoms with van der Waals surface area (Å²) < 4.78 is 12.7. The predicted molar refractivity (Wildman–Crippen MR) is 43.1 cm³/mol. The minimum atomic E-state index is -0.603. The number of halogens is 2. The molecule has 0 radical (unpaired) electrons. The Morgan fingerprint density at radius 3 is 2.60 bits per heavy atom. The van der Waals surface area contributed by atoms with Crippen molar-refractivity contribution in [1.29, 1.82) is 0 Å². The van der Waals surface area contributed by atoms with E-state index in [-0.39, 0.29) is 10.7 Å². The fourth-order valence-electron chi connectivity index (χ4n) is 0.554. The number of benzene rings is 1. The van der Waals surface area contributed by atoms with Crippen LogP contribution in [0.25, 0.3) is 0 Å². The molecule has 0 amide bonds. The van der Waals surface area contributed by atoms with Crippen molar-refractivity contribution in [3.05, 3.63) is 23.0 Å². The third-order valence-electron chi connectivity index (χ3n) is 1.09. The number of rotatable bonds is 0. The first kappa shape index (κ1) is 7.69. The largest absolute Gasteiger partial charge is 0.396 e. The van der Waals surface area contributed by atoms with Crippen LogP contribution in [-0.4, -0.2) is 0 Å². The lowest BCUT2D eigenvalue weighted by Crippen LogP contribution is -1.90. The number of hydrogen-bond donors (Lipinski definition) is 2. The maximum atomic E-state index is 12.7. The molecule has 0 aliphatic rings. The Labute approximate surface area is 68.4 Å². The van der Waals surface area contributed by atoms with Crippen LogP contribution in [0.3, 0.4) is 0 Å². The second-order valence-electron chi connectivity index (χ2n) is 1.80. The fourth-order valence-corrected chi connectivity index (χ4v) is 0.899. The van der Waals surface area contributed by atoms with E-state index in [4.69, 9.17) is 17.3 Å². The molecule has 1 rings (SSSR count). The van der Waals surface area contributed by atoms with Crippen LogP contribution in [0.15, 0.2) is 17.0 Å². The molecule has 0 bridgehead atoms. The van der Waals surface area contributed by atoms with E-state index in [0.717, 1.165) is 0 Å². The van der Waals surface area contributed by atoms with Gasteiger partial charge in [0.15, 0.2) is 5.82 Å². The highest BCUT2D eigenvalue weighted by Gasteiger charge is 2.05. The fraction of sp³-hybridized carbons (Fsp3) is 0. The SMILES string of the molecule is Nc1ccc(S)c(Cl)c1F. The molecule has 0 aromatic heterocycles. The van der Waals surface area contributed by atoms with Crippen LogP contribution in [0.4, 0.5) is 10.1 Å². The topological polar surface area (TPSA) is 26.0 Å². The van der Waals surface area contributed by atoms with Crippen LogP contribution in [0, 0.1) is 5.82 Å². The zero-order valence-corrected chi connectivity index (χ0v) is 6.59. The molecule has 0 aliphatic carbocycles. The first-order valence-corrected chi connectivity index (χ1v) is 3.38. The molecule has 1 aromatic carbocycles. The molecule has 0 saturated heterocycles. The number of nitrogens with two attached hydrogens (primary N) is 1. The van der Waals surface area contributed by atoms with Crippen LogP contribution >= 0.6 is 24.2 Å². The van der Waals surface area contributed by atoms with Crippen molar-refractivity contribution in [3.63, 3.8) is 0 Å². The summed E-state index contributed by atoms with van der Waals surface area (Å²) in [5.74, 6) is -0.603. The Bertz CT molecular complexity index is 237. The van der Waals surface area contributed by atoms with E-state index < -0.39 is 5.82 Å².